The van der Waals surface area contributed by atoms with E-state index < -0.39 is 8.07 Å². The molecule has 65 heavy (non-hydrogen) atoms. The van der Waals surface area contributed by atoms with E-state index in [4.69, 9.17) is 0 Å². The molecule has 314 valence electrons. The fourth-order valence-electron chi connectivity index (χ4n) is 11.6. The molecule has 0 N–H and O–H groups in total. The van der Waals surface area contributed by atoms with Gasteiger partial charge in [-0.2, -0.15) is 0 Å². The van der Waals surface area contributed by atoms with E-state index in [0.29, 0.717) is 0 Å². The molecule has 0 bridgehead atoms. The second kappa shape index (κ2) is 14.9. The van der Waals surface area contributed by atoms with E-state index in [-0.39, 0.29) is 10.8 Å². The highest BCUT2D eigenvalue weighted by atomic mass is 28.3. The van der Waals surface area contributed by atoms with E-state index in [1.807, 2.05) is 0 Å². The Hall–Kier alpha value is -7.20. The molecule has 9 aromatic carbocycles. The van der Waals surface area contributed by atoms with Crippen LogP contribution in [0.25, 0.3) is 66.1 Å². The average molecular weight is 853 g/mol. The quantitative estimate of drug-likeness (QED) is 0.112. The molecule has 12 rings (SSSR count). The van der Waals surface area contributed by atoms with E-state index in [1.165, 1.54) is 105 Å². The van der Waals surface area contributed by atoms with Gasteiger partial charge in [-0.15, -0.1) is 0 Å². The largest absolute Gasteiger partial charge is 0.309 e. The van der Waals surface area contributed by atoms with Gasteiger partial charge < -0.3 is 9.13 Å². The third-order valence-electron chi connectivity index (χ3n) is 14.9. The molecule has 0 amide bonds. The van der Waals surface area contributed by atoms with Crippen LogP contribution in [-0.2, 0) is 10.8 Å². The van der Waals surface area contributed by atoms with Gasteiger partial charge in [0.05, 0.1) is 22.1 Å². The minimum atomic E-state index is -2.89. The first-order chi connectivity index (χ1) is 31.7. The summed E-state index contributed by atoms with van der Waals surface area (Å²) >= 11 is 0. The lowest BCUT2D eigenvalue weighted by Gasteiger charge is -2.43. The van der Waals surface area contributed by atoms with Crippen molar-refractivity contribution in [3.63, 3.8) is 0 Å². The summed E-state index contributed by atoms with van der Waals surface area (Å²) in [6, 6.07) is 82.5. The van der Waals surface area contributed by atoms with Crippen molar-refractivity contribution < 1.29 is 0 Å². The Kier molecular flexibility index (Phi) is 9.05. The third kappa shape index (κ3) is 6.06. The average Bonchev–Trinajstić information content (AvgIpc) is 3.87. The molecule has 0 saturated heterocycles. The van der Waals surface area contributed by atoms with Crippen molar-refractivity contribution in [1.29, 1.82) is 0 Å². The second-order valence-electron chi connectivity index (χ2n) is 19.5. The van der Waals surface area contributed by atoms with Gasteiger partial charge in [-0.3, -0.25) is 0 Å². The zero-order chi connectivity index (χ0) is 43.9. The van der Waals surface area contributed by atoms with Gasteiger partial charge in [0.2, 0.25) is 0 Å². The van der Waals surface area contributed by atoms with Crippen LogP contribution >= 0.6 is 0 Å². The van der Waals surface area contributed by atoms with Crippen molar-refractivity contribution >= 4 is 72.4 Å². The van der Waals surface area contributed by atoms with Crippen LogP contribution in [0.3, 0.4) is 0 Å². The second-order valence-corrected chi connectivity index (χ2v) is 23.3. The van der Waals surface area contributed by atoms with Gasteiger partial charge in [0.1, 0.15) is 0 Å². The summed E-state index contributed by atoms with van der Waals surface area (Å²) in [6.45, 7) is 9.78. The molecule has 1 aliphatic rings. The summed E-state index contributed by atoms with van der Waals surface area (Å²) in [5.74, 6) is 0. The highest BCUT2D eigenvalue weighted by Gasteiger charge is 2.44. The van der Waals surface area contributed by atoms with Crippen LogP contribution in [0.4, 0.5) is 0 Å². The molecule has 1 aliphatic carbocycles. The minimum absolute atomic E-state index is 0.0850. The summed E-state index contributed by atoms with van der Waals surface area (Å²) < 4.78 is 4.95. The highest BCUT2D eigenvalue weighted by Crippen LogP contribution is 2.46. The number of hydrogen-bond acceptors (Lipinski definition) is 0. The Labute approximate surface area is 383 Å². The Morgan fingerprint density at radius 3 is 1.55 bits per heavy atom. The molecule has 0 radical (unpaired) electrons. The maximum absolute atomic E-state index is 2.89. The number of hydrogen-bond donors (Lipinski definition) is 0. The van der Waals surface area contributed by atoms with Crippen LogP contribution in [0.2, 0.25) is 0 Å². The van der Waals surface area contributed by atoms with Crippen LogP contribution < -0.4 is 20.7 Å². The summed E-state index contributed by atoms with van der Waals surface area (Å²) in [5, 5.41) is 10.6. The van der Waals surface area contributed by atoms with Crippen molar-refractivity contribution in [1.82, 2.24) is 9.13 Å². The third-order valence-corrected chi connectivity index (χ3v) is 19.7. The van der Waals surface area contributed by atoms with E-state index in [0.717, 1.165) is 5.69 Å². The number of benzene rings is 9. The lowest BCUT2D eigenvalue weighted by atomic mass is 9.63. The van der Waals surface area contributed by atoms with Crippen LogP contribution in [0, 0.1) is 0 Å². The van der Waals surface area contributed by atoms with Crippen LogP contribution in [-0.4, -0.2) is 17.2 Å². The van der Waals surface area contributed by atoms with Crippen molar-refractivity contribution in [2.24, 2.45) is 0 Å². The van der Waals surface area contributed by atoms with E-state index in [9.17, 15) is 0 Å². The van der Waals surface area contributed by atoms with Gasteiger partial charge in [0.15, 0.2) is 8.07 Å². The molecule has 2 nitrogen and oxygen atoms in total. The van der Waals surface area contributed by atoms with Gasteiger partial charge in [0, 0.05) is 38.5 Å². The lowest BCUT2D eigenvalue weighted by Crippen LogP contribution is -2.75. The van der Waals surface area contributed by atoms with Crippen molar-refractivity contribution in [3.05, 3.63) is 230 Å². The van der Waals surface area contributed by atoms with Crippen LogP contribution in [0.1, 0.15) is 51.7 Å². The first kappa shape index (κ1) is 39.4. The van der Waals surface area contributed by atoms with Crippen molar-refractivity contribution in [3.8, 4) is 22.5 Å². The lowest BCUT2D eigenvalue weighted by molar-refractivity contribution is 0.332. The maximum atomic E-state index is 2.63. The smallest absolute Gasteiger partial charge is 0.179 e. The molecule has 0 fully saturated rings. The van der Waals surface area contributed by atoms with E-state index in [2.05, 4.69) is 255 Å². The molecule has 0 aliphatic heterocycles. The Bertz CT molecular complexity index is 3550. The fraction of sp³-hybridized carbons (Fsp3) is 0.129. The zero-order valence-corrected chi connectivity index (χ0v) is 38.6. The van der Waals surface area contributed by atoms with Crippen LogP contribution in [0.5, 0.6) is 0 Å². The summed E-state index contributed by atoms with van der Waals surface area (Å²) in [4.78, 5) is 0. The van der Waals surface area contributed by atoms with Crippen LogP contribution in [0.15, 0.2) is 218 Å². The Balaban J connectivity index is 1.09. The number of para-hydroxylation sites is 4. The monoisotopic (exact) mass is 852 g/mol. The molecule has 11 aromatic rings. The summed E-state index contributed by atoms with van der Waals surface area (Å²) in [5.41, 5.74) is 12.8. The molecule has 0 unspecified atom stereocenters. The predicted octanol–water partition coefficient (Wildman–Crippen LogP) is 13.3. The number of rotatable bonds is 7. The summed E-state index contributed by atoms with van der Waals surface area (Å²) in [7, 11) is -2.89. The molecular weight excluding hydrogens is 801 g/mol. The van der Waals surface area contributed by atoms with Gasteiger partial charge in [0.25, 0.3) is 0 Å². The van der Waals surface area contributed by atoms with E-state index in [1.54, 1.807) is 0 Å². The van der Waals surface area contributed by atoms with Gasteiger partial charge in [-0.1, -0.05) is 198 Å². The Morgan fingerprint density at radius 1 is 0.354 bits per heavy atom. The molecule has 3 heteroatoms. The Morgan fingerprint density at radius 2 is 0.862 bits per heavy atom. The van der Waals surface area contributed by atoms with Gasteiger partial charge in [-0.25, -0.2) is 0 Å². The molecule has 2 aromatic heterocycles. The number of fused-ring (bicyclic) bond motifs is 7. The predicted molar refractivity (Wildman–Crippen MR) is 279 cm³/mol. The molecule has 2 heterocycles. The minimum Gasteiger partial charge on any atom is -0.309 e. The number of aromatic nitrogens is 2. The zero-order valence-electron chi connectivity index (χ0n) is 37.6. The van der Waals surface area contributed by atoms with Gasteiger partial charge in [-0.05, 0) is 110 Å². The standard InChI is InChI=1S/C62H52N2Si/c1-61(2)38-39-62(3,4)56-42-49(35-36-55(56)61)65(46-23-10-6-11-24-46,47-25-12-7-13-26-47)48-27-18-22-45(41-48)63-57-32-16-15-29-52(57)54-40-43(34-37-59(54)63)50-30-19-31-53-51-28-14-17-33-58(51)64(60(50)53)44-20-8-5-9-21-44/h5-37,40-42H,38-39H2,1-4H3. The van der Waals surface area contributed by atoms with Crippen molar-refractivity contribution in [2.75, 3.05) is 0 Å². The first-order valence-corrected chi connectivity index (χ1v) is 25.2. The molecule has 0 spiro atoms. The maximum Gasteiger partial charge on any atom is 0.179 e. The summed E-state index contributed by atoms with van der Waals surface area (Å²) in [6.07, 6.45) is 2.38. The molecule has 0 saturated carbocycles. The van der Waals surface area contributed by atoms with Crippen molar-refractivity contribution in [2.45, 2.75) is 51.4 Å². The SMILES string of the molecule is CC1(C)CCC(C)(C)c2cc([Si](c3ccccc3)(c3ccccc3)c3cccc(-n4c5ccccc5c5cc(-c6cccc7c8ccccc8n(-c8ccccc8)c67)ccc54)c3)ccc21. The highest BCUT2D eigenvalue weighted by molar-refractivity contribution is 7.20. The van der Waals surface area contributed by atoms with E-state index >= 15 is 0 Å². The topological polar surface area (TPSA) is 9.86 Å². The fourth-order valence-corrected chi connectivity index (χ4v) is 16.4. The molecule has 0 atom stereocenters. The normalized spacial score (nSPS) is 14.6. The number of nitrogens with zero attached hydrogens (tertiary/aromatic N) is 2. The first-order valence-electron chi connectivity index (χ1n) is 23.2. The molecular formula is C62H52N2Si. The van der Waals surface area contributed by atoms with Gasteiger partial charge >= 0.3 is 0 Å².